The summed E-state index contributed by atoms with van der Waals surface area (Å²) in [6.45, 7) is 5.75. The highest BCUT2D eigenvalue weighted by atomic mass is 32.1. The number of aromatic nitrogens is 3. The van der Waals surface area contributed by atoms with Crippen LogP contribution in [0.5, 0.6) is 0 Å². The number of anilines is 1. The first-order valence-corrected chi connectivity index (χ1v) is 6.60. The van der Waals surface area contributed by atoms with Crippen molar-refractivity contribution in [3.8, 4) is 0 Å². The quantitative estimate of drug-likeness (QED) is 0.924. The largest absolute Gasteiger partial charge is 0.356 e. The molecule has 0 aromatic carbocycles. The number of halogens is 1. The average molecular weight is 266 g/mol. The van der Waals surface area contributed by atoms with Crippen LogP contribution in [0.1, 0.15) is 31.5 Å². The Morgan fingerprint density at radius 1 is 1.33 bits per heavy atom. The van der Waals surface area contributed by atoms with E-state index in [1.54, 1.807) is 6.20 Å². The third-order valence-corrected chi connectivity index (χ3v) is 3.69. The molecular formula is C12H15FN4S. The second-order valence-corrected chi connectivity index (χ2v) is 5.32. The van der Waals surface area contributed by atoms with Crippen LogP contribution in [0.4, 0.5) is 10.2 Å². The van der Waals surface area contributed by atoms with Crippen LogP contribution < -0.4 is 5.32 Å². The maximum atomic E-state index is 14.0. The van der Waals surface area contributed by atoms with E-state index < -0.39 is 5.54 Å². The molecule has 2 heterocycles. The van der Waals surface area contributed by atoms with Crippen molar-refractivity contribution in [3.63, 3.8) is 0 Å². The minimum Gasteiger partial charge on any atom is -0.356 e. The second-order valence-electron chi connectivity index (χ2n) is 4.42. The first-order chi connectivity index (χ1) is 8.54. The van der Waals surface area contributed by atoms with Gasteiger partial charge in [0.15, 0.2) is 11.6 Å². The Balaban J connectivity index is 2.29. The van der Waals surface area contributed by atoms with E-state index in [1.165, 1.54) is 17.7 Å². The molecule has 96 valence electrons. The van der Waals surface area contributed by atoms with Crippen LogP contribution in [-0.4, -0.2) is 15.0 Å². The summed E-state index contributed by atoms with van der Waals surface area (Å²) in [6, 6.07) is 0. The van der Waals surface area contributed by atoms with Gasteiger partial charge in [0.05, 0.1) is 11.2 Å². The van der Waals surface area contributed by atoms with Gasteiger partial charge in [-0.3, -0.25) is 0 Å². The number of thiazole rings is 1. The fourth-order valence-electron chi connectivity index (χ4n) is 1.62. The Labute approximate surface area is 109 Å². The van der Waals surface area contributed by atoms with Crippen molar-refractivity contribution < 1.29 is 4.39 Å². The monoisotopic (exact) mass is 266 g/mol. The zero-order valence-electron chi connectivity index (χ0n) is 10.6. The standard InChI is InChI=1S/C12H15FN4S/c1-4-8-9(13)10(16-7-15-8)17-12(2,3)11-14-5-6-18-11/h5-7H,4H2,1-3H3,(H,15,16,17). The summed E-state index contributed by atoms with van der Waals surface area (Å²) >= 11 is 1.53. The molecule has 0 amide bonds. The number of nitrogens with zero attached hydrogens (tertiary/aromatic N) is 3. The molecule has 2 aromatic rings. The molecule has 0 bridgehead atoms. The first kappa shape index (κ1) is 12.9. The zero-order chi connectivity index (χ0) is 13.2. The number of nitrogens with one attached hydrogen (secondary N) is 1. The summed E-state index contributed by atoms with van der Waals surface area (Å²) < 4.78 is 14.0. The van der Waals surface area contributed by atoms with E-state index in [1.807, 2.05) is 26.2 Å². The van der Waals surface area contributed by atoms with E-state index in [9.17, 15) is 4.39 Å². The molecule has 6 heteroatoms. The highest BCUT2D eigenvalue weighted by Gasteiger charge is 2.25. The molecule has 0 fully saturated rings. The minimum absolute atomic E-state index is 0.224. The molecule has 0 aliphatic rings. The Kier molecular flexibility index (Phi) is 3.56. The van der Waals surface area contributed by atoms with Crippen molar-refractivity contribution in [2.45, 2.75) is 32.7 Å². The van der Waals surface area contributed by atoms with E-state index in [-0.39, 0.29) is 11.6 Å². The van der Waals surface area contributed by atoms with Crippen LogP contribution >= 0.6 is 11.3 Å². The molecule has 4 nitrogen and oxygen atoms in total. The summed E-state index contributed by atoms with van der Waals surface area (Å²) in [5, 5.41) is 5.87. The van der Waals surface area contributed by atoms with E-state index >= 15 is 0 Å². The van der Waals surface area contributed by atoms with Crippen LogP contribution in [0.25, 0.3) is 0 Å². The lowest BCUT2D eigenvalue weighted by atomic mass is 10.1. The number of rotatable bonds is 4. The fraction of sp³-hybridized carbons (Fsp3) is 0.417. The molecule has 18 heavy (non-hydrogen) atoms. The highest BCUT2D eigenvalue weighted by Crippen LogP contribution is 2.27. The second kappa shape index (κ2) is 4.97. The lowest BCUT2D eigenvalue weighted by Gasteiger charge is -2.24. The molecule has 2 rings (SSSR count). The summed E-state index contributed by atoms with van der Waals surface area (Å²) in [7, 11) is 0. The lowest BCUT2D eigenvalue weighted by Crippen LogP contribution is -2.29. The number of hydrogen-bond donors (Lipinski definition) is 1. The van der Waals surface area contributed by atoms with E-state index in [4.69, 9.17) is 0 Å². The predicted molar refractivity (Wildman–Crippen MR) is 70.1 cm³/mol. The van der Waals surface area contributed by atoms with Crippen molar-refractivity contribution in [2.75, 3.05) is 5.32 Å². The maximum absolute atomic E-state index is 14.0. The molecule has 0 radical (unpaired) electrons. The third-order valence-electron chi connectivity index (χ3n) is 2.59. The highest BCUT2D eigenvalue weighted by molar-refractivity contribution is 7.09. The fourth-order valence-corrected chi connectivity index (χ4v) is 2.34. The predicted octanol–water partition coefficient (Wildman–Crippen LogP) is 2.98. The molecule has 0 saturated heterocycles. The molecule has 0 aliphatic heterocycles. The lowest BCUT2D eigenvalue weighted by molar-refractivity contribution is 0.562. The minimum atomic E-state index is -0.464. The maximum Gasteiger partial charge on any atom is 0.186 e. The third kappa shape index (κ3) is 2.48. The van der Waals surface area contributed by atoms with Gasteiger partial charge < -0.3 is 5.32 Å². The van der Waals surface area contributed by atoms with Crippen LogP contribution in [0.2, 0.25) is 0 Å². The van der Waals surface area contributed by atoms with Gasteiger partial charge in [-0.15, -0.1) is 11.3 Å². The van der Waals surface area contributed by atoms with Crippen molar-refractivity contribution >= 4 is 17.2 Å². The van der Waals surface area contributed by atoms with Gasteiger partial charge in [-0.2, -0.15) is 0 Å². The van der Waals surface area contributed by atoms with Crippen molar-refractivity contribution in [3.05, 3.63) is 34.4 Å². The van der Waals surface area contributed by atoms with Gasteiger partial charge in [0.1, 0.15) is 11.3 Å². The van der Waals surface area contributed by atoms with Gasteiger partial charge in [-0.05, 0) is 20.3 Å². The SMILES string of the molecule is CCc1ncnc(NC(C)(C)c2nccs2)c1F. The average Bonchev–Trinajstić information content (AvgIpc) is 2.86. The summed E-state index contributed by atoms with van der Waals surface area (Å²) in [4.78, 5) is 12.1. The smallest absolute Gasteiger partial charge is 0.186 e. The molecule has 1 N–H and O–H groups in total. The molecule has 2 aromatic heterocycles. The van der Waals surface area contributed by atoms with E-state index in [0.29, 0.717) is 12.1 Å². The van der Waals surface area contributed by atoms with Crippen molar-refractivity contribution in [2.24, 2.45) is 0 Å². The van der Waals surface area contributed by atoms with Gasteiger partial charge in [0, 0.05) is 11.6 Å². The Bertz CT molecular complexity index is 525. The van der Waals surface area contributed by atoms with Crippen LogP contribution in [-0.2, 0) is 12.0 Å². The molecule has 0 unspecified atom stereocenters. The van der Waals surface area contributed by atoms with Gasteiger partial charge in [-0.25, -0.2) is 19.3 Å². The van der Waals surface area contributed by atoms with Gasteiger partial charge in [0.2, 0.25) is 0 Å². The molecular weight excluding hydrogens is 251 g/mol. The van der Waals surface area contributed by atoms with E-state index in [0.717, 1.165) is 5.01 Å². The number of aryl methyl sites for hydroxylation is 1. The van der Waals surface area contributed by atoms with Crippen molar-refractivity contribution in [1.29, 1.82) is 0 Å². The molecule has 0 atom stereocenters. The Morgan fingerprint density at radius 2 is 2.11 bits per heavy atom. The number of hydrogen-bond acceptors (Lipinski definition) is 5. The molecule has 0 saturated carbocycles. The van der Waals surface area contributed by atoms with Crippen molar-refractivity contribution in [1.82, 2.24) is 15.0 Å². The summed E-state index contributed by atoms with van der Waals surface area (Å²) in [6.07, 6.45) is 3.65. The van der Waals surface area contributed by atoms with Gasteiger partial charge in [0.25, 0.3) is 0 Å². The zero-order valence-corrected chi connectivity index (χ0v) is 11.4. The van der Waals surface area contributed by atoms with Crippen LogP contribution in [0.15, 0.2) is 17.9 Å². The normalized spacial score (nSPS) is 11.6. The van der Waals surface area contributed by atoms with E-state index in [2.05, 4.69) is 20.3 Å². The first-order valence-electron chi connectivity index (χ1n) is 5.72. The Hall–Kier alpha value is -1.56. The van der Waals surface area contributed by atoms with Crippen LogP contribution in [0.3, 0.4) is 0 Å². The topological polar surface area (TPSA) is 50.7 Å². The van der Waals surface area contributed by atoms with Gasteiger partial charge >= 0.3 is 0 Å². The Morgan fingerprint density at radius 3 is 2.72 bits per heavy atom. The molecule has 0 aliphatic carbocycles. The summed E-state index contributed by atoms with van der Waals surface area (Å²) in [5.41, 5.74) is -0.0450. The molecule has 0 spiro atoms. The summed E-state index contributed by atoms with van der Waals surface area (Å²) in [5.74, 6) is -0.160. The van der Waals surface area contributed by atoms with Crippen LogP contribution in [0, 0.1) is 5.82 Å². The van der Waals surface area contributed by atoms with Gasteiger partial charge in [-0.1, -0.05) is 6.92 Å².